The lowest BCUT2D eigenvalue weighted by molar-refractivity contribution is 0.149. The fraction of sp³-hybridized carbons (Fsp3) is 1.00. The van der Waals surface area contributed by atoms with Crippen molar-refractivity contribution in [1.29, 1.82) is 0 Å². The van der Waals surface area contributed by atoms with E-state index in [1.807, 2.05) is 0 Å². The molecule has 2 aliphatic rings. The van der Waals surface area contributed by atoms with Gasteiger partial charge in [-0.05, 0) is 31.7 Å². The second-order valence-corrected chi connectivity index (χ2v) is 5.69. The summed E-state index contributed by atoms with van der Waals surface area (Å²) in [4.78, 5) is 2.37. The predicted molar refractivity (Wildman–Crippen MR) is 55.8 cm³/mol. The Hall–Kier alpha value is -0.0800. The first-order valence-corrected chi connectivity index (χ1v) is 5.50. The maximum absolute atomic E-state index is 3.76. The fourth-order valence-corrected chi connectivity index (χ4v) is 2.72. The van der Waals surface area contributed by atoms with Crippen molar-refractivity contribution in [2.24, 2.45) is 5.41 Å². The zero-order chi connectivity index (χ0) is 9.47. The van der Waals surface area contributed by atoms with Crippen LogP contribution in [-0.4, -0.2) is 37.1 Å². The maximum atomic E-state index is 3.76. The lowest BCUT2D eigenvalue weighted by Crippen LogP contribution is -2.58. The molecule has 2 fully saturated rings. The predicted octanol–water partition coefficient (Wildman–Crippen LogP) is 1.47. The van der Waals surface area contributed by atoms with Crippen LogP contribution in [0.2, 0.25) is 0 Å². The van der Waals surface area contributed by atoms with Crippen LogP contribution in [0.3, 0.4) is 0 Å². The van der Waals surface area contributed by atoms with E-state index in [9.17, 15) is 0 Å². The number of hydrogen-bond acceptors (Lipinski definition) is 2. The van der Waals surface area contributed by atoms with Crippen molar-refractivity contribution in [3.05, 3.63) is 0 Å². The minimum atomic E-state index is 0.591. The number of likely N-dealkylation sites (N-methyl/N-ethyl adjacent to an activating group) is 1. The fourth-order valence-electron chi connectivity index (χ4n) is 2.72. The molecule has 0 amide bonds. The van der Waals surface area contributed by atoms with E-state index < -0.39 is 0 Å². The van der Waals surface area contributed by atoms with Gasteiger partial charge in [0, 0.05) is 25.2 Å². The Labute approximate surface area is 81.7 Å². The van der Waals surface area contributed by atoms with E-state index in [0.717, 1.165) is 12.1 Å². The smallest absolute Gasteiger partial charge is 0.0324 e. The zero-order valence-electron chi connectivity index (χ0n) is 9.14. The standard InChI is InChI=1S/C11H22N2/c1-11(2)5-4-9(6-11)12-10-7-13(3)8-10/h9-10,12H,4-8H2,1-3H3. The second kappa shape index (κ2) is 3.25. The van der Waals surface area contributed by atoms with Gasteiger partial charge in [-0.1, -0.05) is 13.8 Å². The summed E-state index contributed by atoms with van der Waals surface area (Å²) in [6.07, 6.45) is 4.15. The van der Waals surface area contributed by atoms with Crippen LogP contribution in [-0.2, 0) is 0 Å². The van der Waals surface area contributed by atoms with Crippen molar-refractivity contribution in [3.8, 4) is 0 Å². The summed E-state index contributed by atoms with van der Waals surface area (Å²) in [7, 11) is 2.19. The first-order valence-electron chi connectivity index (χ1n) is 5.50. The van der Waals surface area contributed by atoms with Gasteiger partial charge in [-0.2, -0.15) is 0 Å². The van der Waals surface area contributed by atoms with Gasteiger partial charge in [-0.3, -0.25) is 0 Å². The van der Waals surface area contributed by atoms with E-state index in [4.69, 9.17) is 0 Å². The van der Waals surface area contributed by atoms with Gasteiger partial charge < -0.3 is 10.2 Å². The van der Waals surface area contributed by atoms with Crippen LogP contribution in [0.4, 0.5) is 0 Å². The van der Waals surface area contributed by atoms with Crippen LogP contribution < -0.4 is 5.32 Å². The number of likely N-dealkylation sites (tertiary alicyclic amines) is 1. The molecule has 1 saturated heterocycles. The number of nitrogens with one attached hydrogen (secondary N) is 1. The van der Waals surface area contributed by atoms with Gasteiger partial charge in [0.2, 0.25) is 0 Å². The number of rotatable bonds is 2. The molecule has 0 aromatic heterocycles. The third kappa shape index (κ3) is 2.23. The van der Waals surface area contributed by atoms with Crippen molar-refractivity contribution in [3.63, 3.8) is 0 Å². The summed E-state index contributed by atoms with van der Waals surface area (Å²) < 4.78 is 0. The summed E-state index contributed by atoms with van der Waals surface area (Å²) in [6, 6.07) is 1.58. The highest BCUT2D eigenvalue weighted by Crippen LogP contribution is 2.37. The highest BCUT2D eigenvalue weighted by atomic mass is 15.2. The SMILES string of the molecule is CN1CC(NC2CCC(C)(C)C2)C1. The van der Waals surface area contributed by atoms with Crippen molar-refractivity contribution in [2.75, 3.05) is 20.1 Å². The molecular weight excluding hydrogens is 160 g/mol. The Kier molecular flexibility index (Phi) is 2.37. The van der Waals surface area contributed by atoms with Gasteiger partial charge in [0.1, 0.15) is 0 Å². The van der Waals surface area contributed by atoms with E-state index in [0.29, 0.717) is 5.41 Å². The molecule has 0 radical (unpaired) electrons. The molecule has 2 rings (SSSR count). The monoisotopic (exact) mass is 182 g/mol. The molecule has 2 nitrogen and oxygen atoms in total. The van der Waals surface area contributed by atoms with Gasteiger partial charge in [-0.25, -0.2) is 0 Å². The first kappa shape index (κ1) is 9.47. The Balaban J connectivity index is 1.72. The summed E-state index contributed by atoms with van der Waals surface area (Å²) >= 11 is 0. The number of hydrogen-bond donors (Lipinski definition) is 1. The molecule has 1 unspecified atom stereocenters. The van der Waals surface area contributed by atoms with Crippen molar-refractivity contribution >= 4 is 0 Å². The second-order valence-electron chi connectivity index (χ2n) is 5.69. The van der Waals surface area contributed by atoms with Gasteiger partial charge in [0.05, 0.1) is 0 Å². The van der Waals surface area contributed by atoms with Crippen LogP contribution >= 0.6 is 0 Å². The van der Waals surface area contributed by atoms with E-state index in [-0.39, 0.29) is 0 Å². The normalized spacial score (nSPS) is 34.8. The van der Waals surface area contributed by atoms with E-state index in [1.54, 1.807) is 0 Å². The van der Waals surface area contributed by atoms with Gasteiger partial charge in [-0.15, -0.1) is 0 Å². The molecule has 0 spiro atoms. The Morgan fingerprint density at radius 1 is 1.23 bits per heavy atom. The van der Waals surface area contributed by atoms with Crippen molar-refractivity contribution in [1.82, 2.24) is 10.2 Å². The average molecular weight is 182 g/mol. The molecule has 1 saturated carbocycles. The lowest BCUT2D eigenvalue weighted by Gasteiger charge is -2.38. The zero-order valence-corrected chi connectivity index (χ0v) is 9.14. The molecule has 76 valence electrons. The van der Waals surface area contributed by atoms with Crippen molar-refractivity contribution < 1.29 is 0 Å². The van der Waals surface area contributed by atoms with E-state index >= 15 is 0 Å². The molecule has 1 aliphatic heterocycles. The Bertz CT molecular complexity index is 183. The van der Waals surface area contributed by atoms with E-state index in [1.165, 1.54) is 32.4 Å². The quantitative estimate of drug-likeness (QED) is 0.695. The van der Waals surface area contributed by atoms with Crippen molar-refractivity contribution in [2.45, 2.75) is 45.2 Å². The molecule has 0 aromatic rings. The molecule has 1 aliphatic carbocycles. The molecular formula is C11H22N2. The molecule has 0 aromatic carbocycles. The van der Waals surface area contributed by atoms with Crippen LogP contribution in [0, 0.1) is 5.41 Å². The molecule has 1 heterocycles. The van der Waals surface area contributed by atoms with Crippen LogP contribution in [0.15, 0.2) is 0 Å². The summed E-state index contributed by atoms with van der Waals surface area (Å²) in [6.45, 7) is 7.27. The molecule has 1 atom stereocenters. The third-order valence-electron chi connectivity index (χ3n) is 3.50. The molecule has 0 bridgehead atoms. The van der Waals surface area contributed by atoms with Gasteiger partial charge >= 0.3 is 0 Å². The largest absolute Gasteiger partial charge is 0.309 e. The summed E-state index contributed by atoms with van der Waals surface area (Å²) in [5.41, 5.74) is 0.591. The van der Waals surface area contributed by atoms with Crippen LogP contribution in [0.25, 0.3) is 0 Å². The molecule has 13 heavy (non-hydrogen) atoms. The topological polar surface area (TPSA) is 15.3 Å². The van der Waals surface area contributed by atoms with Gasteiger partial charge in [0.15, 0.2) is 0 Å². The van der Waals surface area contributed by atoms with Crippen LogP contribution in [0.1, 0.15) is 33.1 Å². The maximum Gasteiger partial charge on any atom is 0.0324 e. The lowest BCUT2D eigenvalue weighted by atomic mass is 9.91. The summed E-state index contributed by atoms with van der Waals surface area (Å²) in [5.74, 6) is 0. The minimum absolute atomic E-state index is 0.591. The third-order valence-corrected chi connectivity index (χ3v) is 3.50. The highest BCUT2D eigenvalue weighted by Gasteiger charge is 2.33. The first-order chi connectivity index (χ1) is 6.05. The Morgan fingerprint density at radius 3 is 2.38 bits per heavy atom. The van der Waals surface area contributed by atoms with E-state index in [2.05, 4.69) is 31.1 Å². The molecule has 1 N–H and O–H groups in total. The van der Waals surface area contributed by atoms with Crippen LogP contribution in [0.5, 0.6) is 0 Å². The average Bonchev–Trinajstić information content (AvgIpc) is 2.27. The highest BCUT2D eigenvalue weighted by molar-refractivity contribution is 4.92. The summed E-state index contributed by atoms with van der Waals surface area (Å²) in [5, 5.41) is 3.76. The minimum Gasteiger partial charge on any atom is -0.309 e. The molecule has 2 heteroatoms. The van der Waals surface area contributed by atoms with Gasteiger partial charge in [0.25, 0.3) is 0 Å². The number of nitrogens with zero attached hydrogens (tertiary/aromatic N) is 1. The Morgan fingerprint density at radius 2 is 1.92 bits per heavy atom.